The molecule has 0 fully saturated rings. The third-order valence-corrected chi connectivity index (χ3v) is 7.74. The highest BCUT2D eigenvalue weighted by Crippen LogP contribution is 2.27. The Labute approximate surface area is 269 Å². The Morgan fingerprint density at radius 2 is 1.47 bits per heavy atom. The highest BCUT2D eigenvalue weighted by molar-refractivity contribution is 5.95. The van der Waals surface area contributed by atoms with Crippen LogP contribution in [0.3, 0.4) is 0 Å². The molecule has 1 unspecified atom stereocenters. The number of carbonyl (C=O) groups excluding carboxylic acids is 2. The SMILES string of the molecule is CCc1cccc(CNC[C@@H](O)[C@H](Cc2cc(F)cc(F)c2)N(OC(=O)C(F)(F)F)C(=O)c2cccc(C(C)c3ccccc3)c2)c1. The molecule has 3 atom stereocenters. The first-order chi connectivity index (χ1) is 22.3. The summed E-state index contributed by atoms with van der Waals surface area (Å²) in [5, 5.41) is 14.5. The van der Waals surface area contributed by atoms with Crippen molar-refractivity contribution in [3.63, 3.8) is 0 Å². The van der Waals surface area contributed by atoms with Crippen molar-refractivity contribution >= 4 is 11.9 Å². The van der Waals surface area contributed by atoms with E-state index in [9.17, 15) is 36.6 Å². The first kappa shape index (κ1) is 35.2. The van der Waals surface area contributed by atoms with Gasteiger partial charge in [0.1, 0.15) is 17.7 Å². The van der Waals surface area contributed by atoms with Gasteiger partial charge in [-0.05, 0) is 64.9 Å². The topological polar surface area (TPSA) is 78.9 Å². The van der Waals surface area contributed by atoms with Crippen LogP contribution in [0.15, 0.2) is 97.1 Å². The van der Waals surface area contributed by atoms with Gasteiger partial charge in [0, 0.05) is 30.6 Å². The van der Waals surface area contributed by atoms with E-state index in [4.69, 9.17) is 0 Å². The van der Waals surface area contributed by atoms with Gasteiger partial charge in [-0.3, -0.25) is 4.79 Å². The number of carbonyl (C=O) groups is 2. The molecule has 4 rings (SSSR count). The van der Waals surface area contributed by atoms with Gasteiger partial charge in [0.15, 0.2) is 0 Å². The minimum Gasteiger partial charge on any atom is -0.389 e. The molecule has 4 aromatic carbocycles. The summed E-state index contributed by atoms with van der Waals surface area (Å²) in [6.07, 6.45) is -6.92. The number of aliphatic hydroxyl groups is 1. The Morgan fingerprint density at radius 1 is 0.830 bits per heavy atom. The average Bonchev–Trinajstić information content (AvgIpc) is 3.05. The van der Waals surface area contributed by atoms with Crippen LogP contribution in [0, 0.1) is 11.6 Å². The minimum absolute atomic E-state index is 0.0884. The Kier molecular flexibility index (Phi) is 11.8. The van der Waals surface area contributed by atoms with Crippen molar-refractivity contribution in [1.82, 2.24) is 10.4 Å². The highest BCUT2D eigenvalue weighted by Gasteiger charge is 2.45. The highest BCUT2D eigenvalue weighted by atomic mass is 19.4. The van der Waals surface area contributed by atoms with Crippen molar-refractivity contribution in [2.45, 2.75) is 57.5 Å². The van der Waals surface area contributed by atoms with Crippen LogP contribution in [-0.2, 0) is 29.0 Å². The average molecular weight is 655 g/mol. The van der Waals surface area contributed by atoms with E-state index < -0.39 is 48.3 Å². The van der Waals surface area contributed by atoms with E-state index in [1.54, 1.807) is 6.07 Å². The van der Waals surface area contributed by atoms with Crippen LogP contribution in [0.5, 0.6) is 0 Å². The lowest BCUT2D eigenvalue weighted by Crippen LogP contribution is -2.53. The van der Waals surface area contributed by atoms with Gasteiger partial charge < -0.3 is 15.3 Å². The molecule has 0 aliphatic rings. The van der Waals surface area contributed by atoms with Crippen LogP contribution in [0.2, 0.25) is 0 Å². The predicted octanol–water partition coefficient (Wildman–Crippen LogP) is 6.90. The smallest absolute Gasteiger partial charge is 0.389 e. The summed E-state index contributed by atoms with van der Waals surface area (Å²) in [6.45, 7) is 3.84. The lowest BCUT2D eigenvalue weighted by atomic mass is 9.92. The Bertz CT molecular complexity index is 1640. The van der Waals surface area contributed by atoms with Gasteiger partial charge in [0.05, 0.1) is 6.10 Å². The van der Waals surface area contributed by atoms with Gasteiger partial charge in [-0.1, -0.05) is 80.6 Å². The number of rotatable bonds is 12. The fourth-order valence-electron chi connectivity index (χ4n) is 5.21. The van der Waals surface area contributed by atoms with E-state index in [1.165, 1.54) is 18.2 Å². The van der Waals surface area contributed by atoms with E-state index in [2.05, 4.69) is 10.2 Å². The predicted molar refractivity (Wildman–Crippen MR) is 166 cm³/mol. The number of aliphatic hydroxyl groups excluding tert-OH is 1. The fraction of sp³-hybridized carbons (Fsp3) is 0.278. The summed E-state index contributed by atoms with van der Waals surface area (Å²) >= 11 is 0. The standard InChI is InChI=1S/C36H35F5N2O4/c1-3-24-9-7-10-25(15-24)21-42-22-33(44)32(18-26-16-30(37)20-31(38)17-26)43(47-35(46)36(39,40)41)34(45)29-14-8-13-28(19-29)23(2)27-11-5-4-6-12-27/h4-17,19-20,23,32-33,42,44H,3,18,21-22H2,1-2H3/t23?,32-,33+/m0/s1. The lowest BCUT2D eigenvalue weighted by Gasteiger charge is -2.33. The number of nitrogens with one attached hydrogen (secondary N) is 1. The van der Waals surface area contributed by atoms with E-state index in [-0.39, 0.29) is 35.2 Å². The van der Waals surface area contributed by atoms with E-state index in [0.29, 0.717) is 11.6 Å². The van der Waals surface area contributed by atoms with Crippen molar-refractivity contribution in [2.24, 2.45) is 0 Å². The zero-order valence-corrected chi connectivity index (χ0v) is 25.8. The number of hydrogen-bond acceptors (Lipinski definition) is 5. The number of amides is 1. The van der Waals surface area contributed by atoms with Crippen LogP contribution < -0.4 is 5.32 Å². The van der Waals surface area contributed by atoms with Gasteiger partial charge in [0.2, 0.25) is 0 Å². The van der Waals surface area contributed by atoms with Crippen LogP contribution in [-0.4, -0.2) is 46.9 Å². The number of aryl methyl sites for hydroxylation is 1. The van der Waals surface area contributed by atoms with Crippen molar-refractivity contribution in [2.75, 3.05) is 6.54 Å². The number of hydroxylamine groups is 2. The molecule has 0 aromatic heterocycles. The van der Waals surface area contributed by atoms with Crippen LogP contribution in [0.1, 0.15) is 57.9 Å². The largest absolute Gasteiger partial charge is 0.493 e. The van der Waals surface area contributed by atoms with Gasteiger partial charge in [-0.2, -0.15) is 18.2 Å². The summed E-state index contributed by atoms with van der Waals surface area (Å²) in [5.74, 6) is -6.04. The molecule has 6 nitrogen and oxygen atoms in total. The monoisotopic (exact) mass is 654 g/mol. The van der Waals surface area contributed by atoms with E-state index in [0.717, 1.165) is 35.2 Å². The van der Waals surface area contributed by atoms with E-state index >= 15 is 0 Å². The number of benzene rings is 4. The maximum absolute atomic E-state index is 14.2. The summed E-state index contributed by atoms with van der Waals surface area (Å²) in [6, 6.07) is 23.7. The van der Waals surface area contributed by atoms with Crippen LogP contribution in [0.25, 0.3) is 0 Å². The maximum Gasteiger partial charge on any atom is 0.493 e. The van der Waals surface area contributed by atoms with Crippen molar-refractivity contribution in [3.05, 3.63) is 142 Å². The fourth-order valence-corrected chi connectivity index (χ4v) is 5.21. The molecule has 0 radical (unpaired) electrons. The molecular weight excluding hydrogens is 619 g/mol. The number of halogens is 5. The Morgan fingerprint density at radius 3 is 2.13 bits per heavy atom. The first-order valence-electron chi connectivity index (χ1n) is 15.0. The normalized spacial score (nSPS) is 13.4. The van der Waals surface area contributed by atoms with Crippen molar-refractivity contribution in [1.29, 1.82) is 0 Å². The second-order valence-electron chi connectivity index (χ2n) is 11.2. The molecule has 1 amide bonds. The third kappa shape index (κ3) is 9.69. The van der Waals surface area contributed by atoms with Crippen molar-refractivity contribution < 1.29 is 41.5 Å². The van der Waals surface area contributed by atoms with Crippen LogP contribution in [0.4, 0.5) is 22.0 Å². The van der Waals surface area contributed by atoms with Crippen LogP contribution >= 0.6 is 0 Å². The second-order valence-corrected chi connectivity index (χ2v) is 11.2. The molecule has 4 aromatic rings. The number of nitrogens with zero attached hydrogens (tertiary/aromatic N) is 1. The summed E-state index contributed by atoms with van der Waals surface area (Å²) in [4.78, 5) is 30.8. The van der Waals surface area contributed by atoms with Crippen molar-refractivity contribution in [3.8, 4) is 0 Å². The minimum atomic E-state index is -5.49. The Balaban J connectivity index is 1.70. The second kappa shape index (κ2) is 15.8. The van der Waals surface area contributed by atoms with Gasteiger partial charge in [-0.25, -0.2) is 13.6 Å². The molecule has 0 saturated carbocycles. The molecule has 248 valence electrons. The van der Waals surface area contributed by atoms with Gasteiger partial charge >= 0.3 is 12.1 Å². The van der Waals surface area contributed by atoms with Gasteiger partial charge in [-0.15, -0.1) is 0 Å². The zero-order valence-electron chi connectivity index (χ0n) is 25.8. The molecule has 47 heavy (non-hydrogen) atoms. The third-order valence-electron chi connectivity index (χ3n) is 7.74. The number of hydrogen-bond donors (Lipinski definition) is 2. The molecular formula is C36H35F5N2O4. The molecule has 11 heteroatoms. The van der Waals surface area contributed by atoms with Gasteiger partial charge in [0.25, 0.3) is 5.91 Å². The summed E-state index contributed by atoms with van der Waals surface area (Å²) < 4.78 is 68.8. The van der Waals surface area contributed by atoms with E-state index in [1.807, 2.05) is 68.4 Å². The Hall–Kier alpha value is -4.61. The molecule has 0 saturated heterocycles. The molecule has 0 spiro atoms. The summed E-state index contributed by atoms with van der Waals surface area (Å²) in [7, 11) is 0. The first-order valence-corrected chi connectivity index (χ1v) is 15.0. The molecule has 2 N–H and O–H groups in total. The molecule has 0 aliphatic carbocycles. The summed E-state index contributed by atoms with van der Waals surface area (Å²) in [5.41, 5.74) is 3.26. The molecule has 0 aliphatic heterocycles. The molecule has 0 heterocycles. The quantitative estimate of drug-likeness (QED) is 0.128. The maximum atomic E-state index is 14.2. The molecule has 0 bridgehead atoms. The zero-order chi connectivity index (χ0) is 34.1. The lowest BCUT2D eigenvalue weighted by molar-refractivity contribution is -0.238. The number of alkyl halides is 3.